The molecule has 0 radical (unpaired) electrons. The van der Waals surface area contributed by atoms with E-state index in [0.29, 0.717) is 6.54 Å². The van der Waals surface area contributed by atoms with Gasteiger partial charge in [0.2, 0.25) is 0 Å². The van der Waals surface area contributed by atoms with Crippen LogP contribution in [0.1, 0.15) is 5.56 Å². The van der Waals surface area contributed by atoms with Crippen molar-refractivity contribution in [3.8, 4) is 0 Å². The quantitative estimate of drug-likeness (QED) is 0.754. The first-order chi connectivity index (χ1) is 10.2. The Morgan fingerprint density at radius 2 is 2.19 bits per heavy atom. The van der Waals surface area contributed by atoms with Gasteiger partial charge in [0.05, 0.1) is 0 Å². The highest BCUT2D eigenvalue weighted by molar-refractivity contribution is 9.10. The number of carbonyl (C=O) groups is 1. The summed E-state index contributed by atoms with van der Waals surface area (Å²) in [6.45, 7) is 5.71. The smallest absolute Gasteiger partial charge is 0.318 e. The molecule has 0 aromatic heterocycles. The predicted molar refractivity (Wildman–Crippen MR) is 89.0 cm³/mol. The third kappa shape index (κ3) is 6.29. The van der Waals surface area contributed by atoms with Gasteiger partial charge in [-0.1, -0.05) is 28.1 Å². The van der Waals surface area contributed by atoms with Gasteiger partial charge in [-0.25, -0.2) is 4.79 Å². The Morgan fingerprint density at radius 3 is 2.95 bits per heavy atom. The third-order valence-electron chi connectivity index (χ3n) is 3.26. The van der Waals surface area contributed by atoms with Gasteiger partial charge >= 0.3 is 6.03 Å². The topological polar surface area (TPSA) is 56.4 Å². The van der Waals surface area contributed by atoms with Crippen LogP contribution in [-0.2, 0) is 0 Å². The Bertz CT molecular complexity index is 486. The monoisotopic (exact) mass is 352 g/mol. The average Bonchev–Trinajstić information content (AvgIpc) is 2.48. The molecule has 1 fully saturated rings. The molecule has 0 aliphatic carbocycles. The SMILES string of the molecule is O=C(N/C=C/c1cccc(Br)c1)NCCN1CCNCC1. The van der Waals surface area contributed by atoms with E-state index in [9.17, 15) is 4.79 Å². The summed E-state index contributed by atoms with van der Waals surface area (Å²) in [5.41, 5.74) is 1.03. The molecule has 6 heteroatoms. The minimum atomic E-state index is -0.170. The van der Waals surface area contributed by atoms with Gasteiger partial charge in [0, 0.05) is 49.9 Å². The summed E-state index contributed by atoms with van der Waals surface area (Å²) in [4.78, 5) is 14.0. The third-order valence-corrected chi connectivity index (χ3v) is 3.76. The van der Waals surface area contributed by atoms with Crippen LogP contribution in [0.4, 0.5) is 4.79 Å². The van der Waals surface area contributed by atoms with E-state index in [1.165, 1.54) is 0 Å². The highest BCUT2D eigenvalue weighted by atomic mass is 79.9. The molecule has 21 heavy (non-hydrogen) atoms. The number of nitrogens with zero attached hydrogens (tertiary/aromatic N) is 1. The van der Waals surface area contributed by atoms with E-state index in [2.05, 4.69) is 36.8 Å². The second kappa shape index (κ2) is 8.81. The van der Waals surface area contributed by atoms with Crippen molar-refractivity contribution < 1.29 is 4.79 Å². The molecule has 0 unspecified atom stereocenters. The van der Waals surface area contributed by atoms with Crippen molar-refractivity contribution in [3.63, 3.8) is 0 Å². The van der Waals surface area contributed by atoms with Gasteiger partial charge in [-0.15, -0.1) is 0 Å². The lowest BCUT2D eigenvalue weighted by Crippen LogP contribution is -2.46. The summed E-state index contributed by atoms with van der Waals surface area (Å²) in [5, 5.41) is 8.87. The van der Waals surface area contributed by atoms with Crippen LogP contribution in [0.3, 0.4) is 0 Å². The molecule has 2 rings (SSSR count). The molecular formula is C15H21BrN4O. The van der Waals surface area contributed by atoms with Gasteiger partial charge in [-0.3, -0.25) is 4.90 Å². The standard InChI is InChI=1S/C15H21BrN4O/c16-14-3-1-2-13(12-14)4-5-18-15(21)19-8-11-20-9-6-17-7-10-20/h1-5,12,17H,6-11H2,(H2,18,19,21)/b5-4+. The zero-order valence-electron chi connectivity index (χ0n) is 11.9. The number of nitrogens with one attached hydrogen (secondary N) is 3. The van der Waals surface area contributed by atoms with Gasteiger partial charge in [0.15, 0.2) is 0 Å². The fourth-order valence-electron chi connectivity index (χ4n) is 2.14. The van der Waals surface area contributed by atoms with Crippen molar-refractivity contribution in [1.29, 1.82) is 0 Å². The van der Waals surface area contributed by atoms with Crippen molar-refractivity contribution in [2.45, 2.75) is 0 Å². The molecule has 0 saturated carbocycles. The summed E-state index contributed by atoms with van der Waals surface area (Å²) in [5.74, 6) is 0. The first-order valence-electron chi connectivity index (χ1n) is 7.13. The lowest BCUT2D eigenvalue weighted by molar-refractivity contribution is 0.229. The highest BCUT2D eigenvalue weighted by Crippen LogP contribution is 2.12. The fraction of sp³-hybridized carbons (Fsp3) is 0.400. The van der Waals surface area contributed by atoms with Gasteiger partial charge in [0.1, 0.15) is 0 Å². The summed E-state index contributed by atoms with van der Waals surface area (Å²) in [6, 6.07) is 7.72. The lowest BCUT2D eigenvalue weighted by Gasteiger charge is -2.26. The summed E-state index contributed by atoms with van der Waals surface area (Å²) in [7, 11) is 0. The molecule has 1 saturated heterocycles. The normalized spacial score (nSPS) is 16.0. The number of hydrogen-bond donors (Lipinski definition) is 3. The Kier molecular flexibility index (Phi) is 6.72. The van der Waals surface area contributed by atoms with Crippen LogP contribution in [0, 0.1) is 0 Å². The van der Waals surface area contributed by atoms with Crippen molar-refractivity contribution in [2.24, 2.45) is 0 Å². The lowest BCUT2D eigenvalue weighted by atomic mass is 10.2. The maximum Gasteiger partial charge on any atom is 0.318 e. The number of rotatable bonds is 5. The van der Waals surface area contributed by atoms with E-state index in [1.54, 1.807) is 6.20 Å². The van der Waals surface area contributed by atoms with E-state index in [4.69, 9.17) is 0 Å². The minimum Gasteiger partial charge on any atom is -0.337 e. The van der Waals surface area contributed by atoms with Crippen LogP contribution in [0.5, 0.6) is 0 Å². The molecule has 1 aromatic carbocycles. The highest BCUT2D eigenvalue weighted by Gasteiger charge is 2.08. The molecule has 1 aliphatic rings. The molecule has 5 nitrogen and oxygen atoms in total. The Balaban J connectivity index is 1.63. The van der Waals surface area contributed by atoms with Crippen LogP contribution in [0.2, 0.25) is 0 Å². The van der Waals surface area contributed by atoms with E-state index >= 15 is 0 Å². The van der Waals surface area contributed by atoms with E-state index in [-0.39, 0.29) is 6.03 Å². The number of hydrogen-bond acceptors (Lipinski definition) is 3. The largest absolute Gasteiger partial charge is 0.337 e. The first-order valence-corrected chi connectivity index (χ1v) is 7.93. The number of urea groups is 1. The summed E-state index contributed by atoms with van der Waals surface area (Å²) < 4.78 is 1.02. The van der Waals surface area contributed by atoms with Crippen LogP contribution in [-0.4, -0.2) is 50.2 Å². The van der Waals surface area contributed by atoms with Crippen molar-refractivity contribution in [1.82, 2.24) is 20.9 Å². The Hall–Kier alpha value is -1.37. The van der Waals surface area contributed by atoms with E-state index in [1.807, 2.05) is 30.3 Å². The van der Waals surface area contributed by atoms with Crippen LogP contribution < -0.4 is 16.0 Å². The molecule has 1 aliphatic heterocycles. The van der Waals surface area contributed by atoms with Crippen LogP contribution in [0.15, 0.2) is 34.9 Å². The molecule has 3 N–H and O–H groups in total. The Morgan fingerprint density at radius 1 is 1.38 bits per heavy atom. The van der Waals surface area contributed by atoms with Crippen molar-refractivity contribution >= 4 is 28.0 Å². The van der Waals surface area contributed by atoms with Crippen LogP contribution in [0.25, 0.3) is 6.08 Å². The second-order valence-corrected chi connectivity index (χ2v) is 5.80. The molecule has 2 amide bonds. The number of amides is 2. The minimum absolute atomic E-state index is 0.170. The zero-order valence-corrected chi connectivity index (χ0v) is 13.5. The van der Waals surface area contributed by atoms with Crippen LogP contribution >= 0.6 is 15.9 Å². The molecule has 1 heterocycles. The summed E-state index contributed by atoms with van der Waals surface area (Å²) >= 11 is 3.41. The predicted octanol–water partition coefficient (Wildman–Crippen LogP) is 1.62. The second-order valence-electron chi connectivity index (χ2n) is 4.88. The van der Waals surface area contributed by atoms with Gasteiger partial charge in [-0.2, -0.15) is 0 Å². The maximum atomic E-state index is 11.6. The summed E-state index contributed by atoms with van der Waals surface area (Å²) in [6.07, 6.45) is 3.52. The average molecular weight is 353 g/mol. The fourth-order valence-corrected chi connectivity index (χ4v) is 2.55. The van der Waals surface area contributed by atoms with E-state index in [0.717, 1.165) is 42.8 Å². The van der Waals surface area contributed by atoms with E-state index < -0.39 is 0 Å². The van der Waals surface area contributed by atoms with Gasteiger partial charge in [-0.05, 0) is 23.8 Å². The van der Waals surface area contributed by atoms with Crippen molar-refractivity contribution in [3.05, 3.63) is 40.5 Å². The molecule has 0 bridgehead atoms. The van der Waals surface area contributed by atoms with Crippen molar-refractivity contribution in [2.75, 3.05) is 39.3 Å². The number of piperazine rings is 1. The number of benzene rings is 1. The Labute approximate surface area is 133 Å². The molecule has 114 valence electrons. The van der Waals surface area contributed by atoms with Gasteiger partial charge in [0.25, 0.3) is 0 Å². The number of halogens is 1. The first kappa shape index (κ1) is 16.0. The number of carbonyl (C=O) groups excluding carboxylic acids is 1. The maximum absolute atomic E-state index is 11.6. The van der Waals surface area contributed by atoms with Gasteiger partial charge < -0.3 is 16.0 Å². The zero-order chi connectivity index (χ0) is 14.9. The molecule has 1 aromatic rings. The molecule has 0 spiro atoms. The molecule has 0 atom stereocenters. The molecular weight excluding hydrogens is 332 g/mol.